The van der Waals surface area contributed by atoms with E-state index in [-0.39, 0.29) is 5.91 Å². The molecule has 0 fully saturated rings. The minimum absolute atomic E-state index is 0.0637. The lowest BCUT2D eigenvalue weighted by Crippen LogP contribution is -2.47. The van der Waals surface area contributed by atoms with Crippen molar-refractivity contribution in [1.29, 1.82) is 0 Å². The Morgan fingerprint density at radius 1 is 1.36 bits per heavy atom. The van der Waals surface area contributed by atoms with Crippen LogP contribution >= 0.6 is 15.9 Å². The Bertz CT molecular complexity index is 712. The van der Waals surface area contributed by atoms with Gasteiger partial charge in [-0.25, -0.2) is 8.93 Å². The maximum Gasteiger partial charge on any atom is 0.326 e. The van der Waals surface area contributed by atoms with Gasteiger partial charge in [0, 0.05) is 30.7 Å². The van der Waals surface area contributed by atoms with E-state index in [0.717, 1.165) is 17.7 Å². The van der Waals surface area contributed by atoms with Crippen LogP contribution in [0.4, 0.5) is 5.69 Å². The van der Waals surface area contributed by atoms with Crippen LogP contribution in [0.2, 0.25) is 0 Å². The maximum absolute atomic E-state index is 12.8. The van der Waals surface area contributed by atoms with Gasteiger partial charge in [0.25, 0.3) is 0 Å². The van der Waals surface area contributed by atoms with E-state index in [1.165, 1.54) is 21.1 Å². The van der Waals surface area contributed by atoms with Crippen molar-refractivity contribution in [1.82, 2.24) is 4.72 Å². The highest BCUT2D eigenvalue weighted by atomic mass is 79.9. The number of carbonyl (C=O) groups is 2. The molecule has 3 unspecified atom stereocenters. The van der Waals surface area contributed by atoms with E-state index in [4.69, 9.17) is 9.47 Å². The van der Waals surface area contributed by atoms with Crippen molar-refractivity contribution in [2.45, 2.75) is 37.3 Å². The topological polar surface area (TPSA) is 84.9 Å². The van der Waals surface area contributed by atoms with Gasteiger partial charge in [0.15, 0.2) is 0 Å². The van der Waals surface area contributed by atoms with E-state index in [9.17, 15) is 13.8 Å². The zero-order valence-electron chi connectivity index (χ0n) is 14.5. The first-order valence-corrected chi connectivity index (χ1v) is 9.63. The van der Waals surface area contributed by atoms with Crippen molar-refractivity contribution in [2.24, 2.45) is 0 Å². The van der Waals surface area contributed by atoms with Gasteiger partial charge < -0.3 is 14.4 Å². The van der Waals surface area contributed by atoms with Gasteiger partial charge in [0.05, 0.1) is 18.1 Å². The molecule has 1 aromatic carbocycles. The lowest BCUT2D eigenvalue weighted by Gasteiger charge is -2.22. The fraction of sp³-hybridized carbons (Fsp3) is 0.500. The third-order valence-electron chi connectivity index (χ3n) is 4.14. The number of esters is 1. The zero-order valence-corrected chi connectivity index (χ0v) is 16.9. The zero-order chi connectivity index (χ0) is 18.7. The molecular weight excluding hydrogens is 412 g/mol. The number of nitrogens with zero attached hydrogens (tertiary/aromatic N) is 1. The molecular formula is C16H21BrN2O5S. The van der Waals surface area contributed by atoms with Crippen LogP contribution in [0.5, 0.6) is 0 Å². The molecule has 1 aromatic rings. The molecule has 0 aromatic heterocycles. The number of benzene rings is 1. The molecule has 0 radical (unpaired) electrons. The number of ether oxygens (including phenoxy) is 2. The number of nitrogens with one attached hydrogen (secondary N) is 1. The minimum Gasteiger partial charge on any atom is -0.468 e. The predicted molar refractivity (Wildman–Crippen MR) is 97.7 cm³/mol. The number of carbonyl (C=O) groups excluding carboxylic acids is 2. The molecule has 1 heterocycles. The Morgan fingerprint density at radius 2 is 2.04 bits per heavy atom. The molecule has 1 aliphatic heterocycles. The summed E-state index contributed by atoms with van der Waals surface area (Å²) in [4.78, 5) is 25.8. The maximum atomic E-state index is 12.8. The number of methoxy groups -OCH3 is 2. The summed E-state index contributed by atoms with van der Waals surface area (Å²) in [5.74, 6) is -0.628. The van der Waals surface area contributed by atoms with Crippen LogP contribution in [-0.4, -0.2) is 49.0 Å². The summed E-state index contributed by atoms with van der Waals surface area (Å²) in [6, 6.07) is 2.68. The van der Waals surface area contributed by atoms with Crippen LogP contribution < -0.4 is 9.62 Å². The van der Waals surface area contributed by atoms with Gasteiger partial charge in [-0.2, -0.15) is 0 Å². The number of anilines is 1. The van der Waals surface area contributed by atoms with E-state index in [1.54, 1.807) is 17.9 Å². The Labute approximate surface area is 157 Å². The van der Waals surface area contributed by atoms with Gasteiger partial charge in [0.1, 0.15) is 17.0 Å². The van der Waals surface area contributed by atoms with Gasteiger partial charge in [0.2, 0.25) is 5.91 Å². The molecule has 7 nitrogen and oxygen atoms in total. The quantitative estimate of drug-likeness (QED) is 0.689. The first-order chi connectivity index (χ1) is 11.8. The number of hydrogen-bond acceptors (Lipinski definition) is 5. The number of fused-ring (bicyclic) bond motifs is 1. The van der Waals surface area contributed by atoms with Gasteiger partial charge in [-0.05, 0) is 47.0 Å². The summed E-state index contributed by atoms with van der Waals surface area (Å²) >= 11 is 3.42. The summed E-state index contributed by atoms with van der Waals surface area (Å²) in [5.41, 5.74) is 1.76. The SMILES string of the molecule is COC(=O)C(NS(=O)c1cc2c(cc1Br)CCN2C(C)=O)C(C)OC. The summed E-state index contributed by atoms with van der Waals surface area (Å²) in [6.45, 7) is 3.78. The second kappa shape index (κ2) is 8.39. The number of hydrogen-bond donors (Lipinski definition) is 1. The average molecular weight is 433 g/mol. The fourth-order valence-corrected chi connectivity index (χ4v) is 4.57. The smallest absolute Gasteiger partial charge is 0.326 e. The van der Waals surface area contributed by atoms with Crippen LogP contribution in [0.1, 0.15) is 19.4 Å². The third kappa shape index (κ3) is 4.28. The lowest BCUT2D eigenvalue weighted by molar-refractivity contribution is -0.145. The molecule has 0 aliphatic carbocycles. The molecule has 0 spiro atoms. The Hall–Kier alpha value is -1.29. The molecule has 2 rings (SSSR count). The number of halogens is 1. The molecule has 0 bridgehead atoms. The Morgan fingerprint density at radius 3 is 2.60 bits per heavy atom. The largest absolute Gasteiger partial charge is 0.468 e. The summed E-state index contributed by atoms with van der Waals surface area (Å²) in [7, 11) is 1.02. The van der Waals surface area contributed by atoms with Crippen LogP contribution in [0.3, 0.4) is 0 Å². The van der Waals surface area contributed by atoms with E-state index in [0.29, 0.717) is 15.9 Å². The number of amides is 1. The van der Waals surface area contributed by atoms with E-state index in [1.807, 2.05) is 6.07 Å². The Balaban J connectivity index is 2.31. The van der Waals surface area contributed by atoms with Crippen LogP contribution in [0, 0.1) is 0 Å². The van der Waals surface area contributed by atoms with Crippen molar-refractivity contribution in [3.8, 4) is 0 Å². The molecule has 25 heavy (non-hydrogen) atoms. The molecule has 138 valence electrons. The standard InChI is InChI=1S/C16H21BrN2O5S/c1-9(23-3)15(16(21)24-4)18-25(22)14-8-13-11(7-12(14)17)5-6-19(13)10(2)20/h7-9,15,18H,5-6H2,1-4H3. The summed E-state index contributed by atoms with van der Waals surface area (Å²) in [6.07, 6.45) is 0.220. The second-order valence-corrected chi connectivity index (χ2v) is 7.73. The van der Waals surface area contributed by atoms with Crippen molar-refractivity contribution < 1.29 is 23.3 Å². The van der Waals surface area contributed by atoms with Crippen LogP contribution in [0.15, 0.2) is 21.5 Å². The highest BCUT2D eigenvalue weighted by Crippen LogP contribution is 2.34. The van der Waals surface area contributed by atoms with E-state index < -0.39 is 29.1 Å². The molecule has 1 N–H and O–H groups in total. The van der Waals surface area contributed by atoms with Crippen LogP contribution in [0.25, 0.3) is 0 Å². The van der Waals surface area contributed by atoms with Gasteiger partial charge >= 0.3 is 5.97 Å². The number of rotatable bonds is 6. The first kappa shape index (κ1) is 20.0. The van der Waals surface area contributed by atoms with E-state index in [2.05, 4.69) is 20.7 Å². The minimum atomic E-state index is -1.71. The molecule has 0 saturated heterocycles. The van der Waals surface area contributed by atoms with Crippen molar-refractivity contribution >= 4 is 44.5 Å². The third-order valence-corrected chi connectivity index (χ3v) is 6.26. The Kier molecular flexibility index (Phi) is 6.72. The van der Waals surface area contributed by atoms with Crippen molar-refractivity contribution in [3.63, 3.8) is 0 Å². The van der Waals surface area contributed by atoms with Crippen LogP contribution in [-0.2, 0) is 36.5 Å². The van der Waals surface area contributed by atoms with Gasteiger partial charge in [-0.15, -0.1) is 0 Å². The fourth-order valence-electron chi connectivity index (χ4n) is 2.63. The first-order valence-electron chi connectivity index (χ1n) is 7.69. The second-order valence-electron chi connectivity index (χ2n) is 5.66. The average Bonchev–Trinajstić information content (AvgIpc) is 3.00. The monoisotopic (exact) mass is 432 g/mol. The highest BCUT2D eigenvalue weighted by Gasteiger charge is 2.30. The molecule has 3 atom stereocenters. The highest BCUT2D eigenvalue weighted by molar-refractivity contribution is 9.10. The van der Waals surface area contributed by atoms with Crippen molar-refractivity contribution in [3.05, 3.63) is 22.2 Å². The van der Waals surface area contributed by atoms with Crippen molar-refractivity contribution in [2.75, 3.05) is 25.7 Å². The normalized spacial score (nSPS) is 16.9. The molecule has 0 saturated carbocycles. The van der Waals surface area contributed by atoms with Gasteiger partial charge in [-0.1, -0.05) is 0 Å². The lowest BCUT2D eigenvalue weighted by atomic mass is 10.2. The summed E-state index contributed by atoms with van der Waals surface area (Å²) < 4.78 is 26.1. The van der Waals surface area contributed by atoms with E-state index >= 15 is 0 Å². The molecule has 9 heteroatoms. The molecule has 1 aliphatic rings. The molecule has 1 amide bonds. The summed E-state index contributed by atoms with van der Waals surface area (Å²) in [5, 5.41) is 0. The van der Waals surface area contributed by atoms with Gasteiger partial charge in [-0.3, -0.25) is 9.59 Å². The predicted octanol–water partition coefficient (Wildman–Crippen LogP) is 1.55.